The molecule has 3 aromatic rings. The van der Waals surface area contributed by atoms with Crippen LogP contribution in [0.5, 0.6) is 11.5 Å². The van der Waals surface area contributed by atoms with Gasteiger partial charge in [-0.2, -0.15) is 0 Å². The highest BCUT2D eigenvalue weighted by molar-refractivity contribution is 6.39. The Morgan fingerprint density at radius 1 is 1.08 bits per heavy atom. The fourth-order valence-electron chi connectivity index (χ4n) is 4.15. The van der Waals surface area contributed by atoms with Crippen molar-refractivity contribution in [1.82, 2.24) is 5.32 Å². The molecule has 1 aliphatic rings. The number of ether oxygens (including phenoxy) is 2. The number of aryl methyl sites for hydroxylation is 1. The lowest BCUT2D eigenvalue weighted by Gasteiger charge is -2.27. The van der Waals surface area contributed by atoms with Crippen LogP contribution < -0.4 is 19.7 Å². The first-order chi connectivity index (χ1) is 18.7. The first kappa shape index (κ1) is 27.6. The number of carbonyl (C=O) groups excluding carboxylic acids is 3. The summed E-state index contributed by atoms with van der Waals surface area (Å²) >= 11 is 6.10. The molecule has 7 nitrogen and oxygen atoms in total. The summed E-state index contributed by atoms with van der Waals surface area (Å²) in [7, 11) is 0. The number of rotatable bonds is 9. The first-order valence-corrected chi connectivity index (χ1v) is 12.5. The summed E-state index contributed by atoms with van der Waals surface area (Å²) in [4.78, 5) is 39.7. The van der Waals surface area contributed by atoms with Gasteiger partial charge in [0.2, 0.25) is 0 Å². The summed E-state index contributed by atoms with van der Waals surface area (Å²) in [5, 5.41) is 2.56. The average molecular weight is 549 g/mol. The second-order valence-corrected chi connectivity index (χ2v) is 9.18. The largest absolute Gasteiger partial charge is 0.490 e. The Morgan fingerprint density at radius 3 is 2.59 bits per heavy atom. The maximum atomic E-state index is 13.6. The highest BCUT2D eigenvalue weighted by Crippen LogP contribution is 2.36. The van der Waals surface area contributed by atoms with E-state index in [9.17, 15) is 18.8 Å². The molecule has 1 aliphatic heterocycles. The molecule has 1 fully saturated rings. The van der Waals surface area contributed by atoms with E-state index in [1.807, 2.05) is 6.92 Å². The molecule has 0 saturated carbocycles. The van der Waals surface area contributed by atoms with Gasteiger partial charge in [0.1, 0.15) is 18.0 Å². The Balaban J connectivity index is 1.74. The number of imide groups is 2. The lowest BCUT2D eigenvalue weighted by atomic mass is 10.0. The quantitative estimate of drug-likeness (QED) is 0.197. The van der Waals surface area contributed by atoms with Crippen LogP contribution in [0.3, 0.4) is 0 Å². The third-order valence-electron chi connectivity index (χ3n) is 5.92. The van der Waals surface area contributed by atoms with E-state index in [0.29, 0.717) is 51.8 Å². The zero-order valence-electron chi connectivity index (χ0n) is 21.4. The van der Waals surface area contributed by atoms with Crippen molar-refractivity contribution in [2.24, 2.45) is 0 Å². The number of urea groups is 1. The van der Waals surface area contributed by atoms with Crippen LogP contribution in [0.4, 0.5) is 14.9 Å². The van der Waals surface area contributed by atoms with Gasteiger partial charge in [-0.15, -0.1) is 6.58 Å². The number of nitrogens with one attached hydrogen (secondary N) is 1. The number of carbonyl (C=O) groups is 3. The molecule has 9 heteroatoms. The van der Waals surface area contributed by atoms with E-state index in [2.05, 4.69) is 11.9 Å². The Hall–Kier alpha value is -4.43. The second-order valence-electron chi connectivity index (χ2n) is 8.74. The number of benzene rings is 3. The van der Waals surface area contributed by atoms with Gasteiger partial charge in [0.25, 0.3) is 11.8 Å². The van der Waals surface area contributed by atoms with Crippen LogP contribution >= 0.6 is 11.6 Å². The van der Waals surface area contributed by atoms with Crippen molar-refractivity contribution in [3.63, 3.8) is 0 Å². The van der Waals surface area contributed by atoms with E-state index in [0.717, 1.165) is 4.90 Å². The van der Waals surface area contributed by atoms with E-state index in [1.165, 1.54) is 24.3 Å². The minimum absolute atomic E-state index is 0.0966. The molecule has 3 aromatic carbocycles. The van der Waals surface area contributed by atoms with Gasteiger partial charge in [0.05, 0.1) is 12.3 Å². The van der Waals surface area contributed by atoms with Crippen molar-refractivity contribution in [2.75, 3.05) is 11.5 Å². The normalized spacial score (nSPS) is 14.4. The minimum Gasteiger partial charge on any atom is -0.490 e. The molecule has 200 valence electrons. The summed E-state index contributed by atoms with van der Waals surface area (Å²) in [6.07, 6.45) is 3.46. The van der Waals surface area contributed by atoms with Gasteiger partial charge < -0.3 is 9.47 Å². The van der Waals surface area contributed by atoms with E-state index in [1.54, 1.807) is 49.4 Å². The molecule has 0 bridgehead atoms. The lowest BCUT2D eigenvalue weighted by molar-refractivity contribution is -0.122. The number of anilines is 1. The molecule has 1 N–H and O–H groups in total. The smallest absolute Gasteiger partial charge is 0.335 e. The molecule has 0 aromatic heterocycles. The minimum atomic E-state index is -0.865. The number of allylic oxidation sites excluding steroid dienone is 1. The van der Waals surface area contributed by atoms with Crippen molar-refractivity contribution in [3.05, 3.63) is 106 Å². The van der Waals surface area contributed by atoms with Crippen LogP contribution in [0, 0.1) is 12.7 Å². The van der Waals surface area contributed by atoms with Crippen LogP contribution in [-0.2, 0) is 22.6 Å². The topological polar surface area (TPSA) is 84.9 Å². The van der Waals surface area contributed by atoms with E-state index < -0.39 is 17.8 Å². The van der Waals surface area contributed by atoms with Gasteiger partial charge in [-0.3, -0.25) is 14.9 Å². The number of halogens is 2. The van der Waals surface area contributed by atoms with Crippen LogP contribution in [0.2, 0.25) is 5.02 Å². The predicted octanol–water partition coefficient (Wildman–Crippen LogP) is 6.16. The van der Waals surface area contributed by atoms with Crippen molar-refractivity contribution in [3.8, 4) is 11.5 Å². The summed E-state index contributed by atoms with van der Waals surface area (Å²) in [6.45, 7) is 7.76. The maximum Gasteiger partial charge on any atom is 0.335 e. The molecule has 0 unspecified atom stereocenters. The number of barbiturate groups is 1. The standard InChI is InChI=1S/C30H26ClFN2O5/c1-4-7-21-12-20(15-26(38-5-2)27(21)39-17-19-8-6-9-23(32)13-19)14-24-28(35)33-30(37)34(29(24)36)25-16-22(31)11-10-18(25)3/h4,6,8-16H,1,5,7,17H2,2-3H3,(H,33,35,37)/b24-14+. The Kier molecular flexibility index (Phi) is 8.46. The number of nitrogens with zero attached hydrogens (tertiary/aromatic N) is 1. The maximum absolute atomic E-state index is 13.6. The van der Waals surface area contributed by atoms with Gasteiger partial charge in [-0.1, -0.05) is 35.9 Å². The van der Waals surface area contributed by atoms with Crippen LogP contribution in [0.25, 0.3) is 6.08 Å². The van der Waals surface area contributed by atoms with E-state index in [-0.39, 0.29) is 23.7 Å². The Bertz CT molecular complexity index is 1500. The van der Waals surface area contributed by atoms with Crippen molar-refractivity contribution >= 4 is 41.2 Å². The van der Waals surface area contributed by atoms with Gasteiger partial charge in [0, 0.05) is 10.6 Å². The highest BCUT2D eigenvalue weighted by Gasteiger charge is 2.37. The molecule has 1 heterocycles. The predicted molar refractivity (Wildman–Crippen MR) is 147 cm³/mol. The molecule has 1 saturated heterocycles. The molecule has 0 spiro atoms. The van der Waals surface area contributed by atoms with Crippen molar-refractivity contribution in [2.45, 2.75) is 26.9 Å². The molecule has 4 amide bonds. The van der Waals surface area contributed by atoms with Gasteiger partial charge >= 0.3 is 6.03 Å². The highest BCUT2D eigenvalue weighted by atomic mass is 35.5. The molecule has 4 rings (SSSR count). The van der Waals surface area contributed by atoms with Gasteiger partial charge in [-0.05, 0) is 79.4 Å². The first-order valence-electron chi connectivity index (χ1n) is 12.2. The molecule has 0 atom stereocenters. The van der Waals surface area contributed by atoms with Crippen molar-refractivity contribution in [1.29, 1.82) is 0 Å². The van der Waals surface area contributed by atoms with E-state index in [4.69, 9.17) is 21.1 Å². The fourth-order valence-corrected chi connectivity index (χ4v) is 4.32. The Morgan fingerprint density at radius 2 is 1.87 bits per heavy atom. The monoisotopic (exact) mass is 548 g/mol. The molecule has 0 aliphatic carbocycles. The van der Waals surface area contributed by atoms with Gasteiger partial charge in [-0.25, -0.2) is 14.1 Å². The zero-order valence-corrected chi connectivity index (χ0v) is 22.2. The van der Waals surface area contributed by atoms with Crippen LogP contribution in [0.1, 0.15) is 29.2 Å². The average Bonchev–Trinajstić information content (AvgIpc) is 2.88. The molecular formula is C30H26ClFN2O5. The van der Waals surface area contributed by atoms with Crippen LogP contribution in [-0.4, -0.2) is 24.5 Å². The number of hydrogen-bond donors (Lipinski definition) is 1. The zero-order chi connectivity index (χ0) is 28.1. The summed E-state index contributed by atoms with van der Waals surface area (Å²) in [5.74, 6) is -1.17. The summed E-state index contributed by atoms with van der Waals surface area (Å²) < 4.78 is 25.5. The molecule has 0 radical (unpaired) electrons. The Labute approximate surface area is 230 Å². The fraction of sp³-hybridized carbons (Fsp3) is 0.167. The summed E-state index contributed by atoms with van der Waals surface area (Å²) in [5.41, 5.74) is 2.45. The lowest BCUT2D eigenvalue weighted by Crippen LogP contribution is -2.54. The third-order valence-corrected chi connectivity index (χ3v) is 6.15. The molecular weight excluding hydrogens is 523 g/mol. The molecule has 39 heavy (non-hydrogen) atoms. The number of hydrogen-bond acceptors (Lipinski definition) is 5. The summed E-state index contributed by atoms with van der Waals surface area (Å²) in [6, 6.07) is 13.4. The van der Waals surface area contributed by atoms with E-state index >= 15 is 0 Å². The number of amides is 4. The second kappa shape index (κ2) is 12.0. The third kappa shape index (κ3) is 6.18. The van der Waals surface area contributed by atoms with Gasteiger partial charge in [0.15, 0.2) is 11.5 Å². The SMILES string of the molecule is C=CCc1cc(/C=C2\C(=O)NC(=O)N(c3cc(Cl)ccc3C)C2=O)cc(OCC)c1OCc1cccc(F)c1. The van der Waals surface area contributed by atoms with Crippen molar-refractivity contribution < 1.29 is 28.2 Å². The van der Waals surface area contributed by atoms with Crippen LogP contribution in [0.15, 0.2) is 72.8 Å².